The lowest BCUT2D eigenvalue weighted by atomic mass is 10.2. The van der Waals surface area contributed by atoms with Crippen LogP contribution in [0, 0.1) is 0 Å². The Balaban J connectivity index is 1.98. The van der Waals surface area contributed by atoms with Crippen LogP contribution in [0.5, 0.6) is 0 Å². The van der Waals surface area contributed by atoms with Crippen LogP contribution in [0.1, 0.15) is 18.4 Å². The molecular formula is C14H17F3N4O2. The van der Waals surface area contributed by atoms with Gasteiger partial charge in [-0.05, 0) is 31.0 Å². The van der Waals surface area contributed by atoms with Gasteiger partial charge >= 0.3 is 12.2 Å². The highest BCUT2D eigenvalue weighted by Crippen LogP contribution is 2.30. The smallest absolute Gasteiger partial charge is 0.341 e. The molecule has 1 aromatic carbocycles. The lowest BCUT2D eigenvalue weighted by molar-refractivity contribution is -0.137. The number of benzene rings is 1. The van der Waals surface area contributed by atoms with Crippen molar-refractivity contribution in [1.29, 1.82) is 0 Å². The van der Waals surface area contributed by atoms with Crippen molar-refractivity contribution in [3.05, 3.63) is 29.8 Å². The fourth-order valence-electron chi connectivity index (χ4n) is 2.42. The zero-order chi connectivity index (χ0) is 17.0. The van der Waals surface area contributed by atoms with E-state index in [1.165, 1.54) is 24.1 Å². The van der Waals surface area contributed by atoms with E-state index >= 15 is 0 Å². The van der Waals surface area contributed by atoms with E-state index in [-0.39, 0.29) is 11.7 Å². The fraction of sp³-hybridized carbons (Fsp3) is 0.429. The second-order valence-corrected chi connectivity index (χ2v) is 5.10. The minimum absolute atomic E-state index is 0.109. The maximum Gasteiger partial charge on any atom is 0.416 e. The molecule has 1 atom stereocenters. The number of carbonyl (C=O) groups excluding carboxylic acids is 2. The van der Waals surface area contributed by atoms with Crippen LogP contribution < -0.4 is 16.2 Å². The van der Waals surface area contributed by atoms with Crippen LogP contribution in [0.3, 0.4) is 0 Å². The maximum absolute atomic E-state index is 12.6. The van der Waals surface area contributed by atoms with Crippen molar-refractivity contribution < 1.29 is 22.8 Å². The van der Waals surface area contributed by atoms with E-state index in [2.05, 4.69) is 16.2 Å². The number of urea groups is 1. The van der Waals surface area contributed by atoms with Gasteiger partial charge in [-0.3, -0.25) is 15.6 Å². The van der Waals surface area contributed by atoms with Gasteiger partial charge in [0.1, 0.15) is 6.04 Å². The Kier molecular flexibility index (Phi) is 4.97. The molecule has 0 spiro atoms. The summed E-state index contributed by atoms with van der Waals surface area (Å²) in [4.78, 5) is 25.2. The van der Waals surface area contributed by atoms with E-state index < -0.39 is 23.7 Å². The van der Waals surface area contributed by atoms with Gasteiger partial charge in [-0.25, -0.2) is 4.79 Å². The van der Waals surface area contributed by atoms with Crippen LogP contribution in [0.2, 0.25) is 0 Å². The summed E-state index contributed by atoms with van der Waals surface area (Å²) in [6, 6.07) is 3.47. The van der Waals surface area contributed by atoms with Gasteiger partial charge < -0.3 is 10.2 Å². The van der Waals surface area contributed by atoms with Crippen molar-refractivity contribution in [1.82, 2.24) is 15.6 Å². The molecule has 1 aliphatic rings. The summed E-state index contributed by atoms with van der Waals surface area (Å²) in [5.41, 5.74) is 4.10. The summed E-state index contributed by atoms with van der Waals surface area (Å²) in [5.74, 6) is -0.469. The molecule has 3 amide bonds. The van der Waals surface area contributed by atoms with Crippen LogP contribution in [0.15, 0.2) is 24.3 Å². The Morgan fingerprint density at radius 2 is 2.04 bits per heavy atom. The van der Waals surface area contributed by atoms with Gasteiger partial charge in [0.05, 0.1) is 11.3 Å². The van der Waals surface area contributed by atoms with Crippen molar-refractivity contribution in [2.75, 3.05) is 19.0 Å². The van der Waals surface area contributed by atoms with E-state index in [1.54, 1.807) is 0 Å². The van der Waals surface area contributed by atoms with Crippen LogP contribution in [-0.4, -0.2) is 36.5 Å². The highest BCUT2D eigenvalue weighted by atomic mass is 19.4. The Morgan fingerprint density at radius 3 is 2.70 bits per heavy atom. The van der Waals surface area contributed by atoms with Gasteiger partial charge in [0, 0.05) is 13.6 Å². The lowest BCUT2D eigenvalue weighted by Crippen LogP contribution is -2.49. The Labute approximate surface area is 131 Å². The topological polar surface area (TPSA) is 73.5 Å². The van der Waals surface area contributed by atoms with Crippen molar-refractivity contribution in [3.63, 3.8) is 0 Å². The Bertz CT molecular complexity index is 592. The van der Waals surface area contributed by atoms with Gasteiger partial charge in [-0.15, -0.1) is 0 Å². The maximum atomic E-state index is 12.6. The number of nitrogens with zero attached hydrogens (tertiary/aromatic N) is 1. The molecule has 1 aromatic rings. The number of halogens is 3. The molecule has 1 saturated heterocycles. The molecule has 0 bridgehead atoms. The predicted molar refractivity (Wildman–Crippen MR) is 77.4 cm³/mol. The molecule has 6 nitrogen and oxygen atoms in total. The predicted octanol–water partition coefficient (Wildman–Crippen LogP) is 1.95. The summed E-state index contributed by atoms with van der Waals surface area (Å²) in [6.07, 6.45) is -3.26. The van der Waals surface area contributed by atoms with E-state index in [9.17, 15) is 22.8 Å². The Hall–Kier alpha value is -2.45. The van der Waals surface area contributed by atoms with E-state index in [4.69, 9.17) is 0 Å². The van der Waals surface area contributed by atoms with Gasteiger partial charge in [-0.1, -0.05) is 6.07 Å². The third-order valence-electron chi connectivity index (χ3n) is 3.55. The van der Waals surface area contributed by atoms with Crippen LogP contribution >= 0.6 is 0 Å². The highest BCUT2D eigenvalue weighted by Gasteiger charge is 2.34. The molecule has 0 aromatic heterocycles. The second kappa shape index (κ2) is 6.76. The number of alkyl halides is 3. The molecule has 9 heteroatoms. The molecule has 1 heterocycles. The number of likely N-dealkylation sites (tertiary alicyclic amines) is 1. The molecule has 0 saturated carbocycles. The van der Waals surface area contributed by atoms with E-state index in [1.807, 2.05) is 0 Å². The number of nitrogens with one attached hydrogen (secondary N) is 3. The third kappa shape index (κ3) is 4.05. The summed E-state index contributed by atoms with van der Waals surface area (Å²) in [5, 5.41) is 2.45. The van der Waals surface area contributed by atoms with Crippen molar-refractivity contribution >= 4 is 17.6 Å². The molecule has 1 unspecified atom stereocenters. The standard InChI is InChI=1S/C14H17F3N4O2/c1-18-13(23)21-7-3-6-11(21)12(22)20-19-10-5-2-4-9(8-10)14(15,16)17/h2,4-5,8,11,19H,3,6-7H2,1H3,(H,18,23)(H,20,22). The largest absolute Gasteiger partial charge is 0.416 e. The molecule has 23 heavy (non-hydrogen) atoms. The summed E-state index contributed by atoms with van der Waals surface area (Å²) in [6.45, 7) is 0.460. The summed E-state index contributed by atoms with van der Waals surface area (Å²) in [7, 11) is 1.47. The lowest BCUT2D eigenvalue weighted by Gasteiger charge is -2.23. The van der Waals surface area contributed by atoms with Crippen molar-refractivity contribution in [3.8, 4) is 0 Å². The van der Waals surface area contributed by atoms with Gasteiger partial charge in [0.25, 0.3) is 5.91 Å². The zero-order valence-corrected chi connectivity index (χ0v) is 12.4. The van der Waals surface area contributed by atoms with Gasteiger partial charge in [-0.2, -0.15) is 13.2 Å². The molecule has 126 valence electrons. The number of hydrogen-bond donors (Lipinski definition) is 3. The average molecular weight is 330 g/mol. The van der Waals surface area contributed by atoms with E-state index in [0.29, 0.717) is 19.4 Å². The van der Waals surface area contributed by atoms with Gasteiger partial charge in [0.2, 0.25) is 0 Å². The zero-order valence-electron chi connectivity index (χ0n) is 12.4. The number of anilines is 1. The van der Waals surface area contributed by atoms with Crippen molar-refractivity contribution in [2.45, 2.75) is 25.1 Å². The minimum atomic E-state index is -4.46. The number of amides is 3. The first-order valence-electron chi connectivity index (χ1n) is 7.04. The summed E-state index contributed by atoms with van der Waals surface area (Å²) < 4.78 is 37.9. The second-order valence-electron chi connectivity index (χ2n) is 5.10. The normalized spacial score (nSPS) is 17.7. The third-order valence-corrected chi connectivity index (χ3v) is 3.55. The van der Waals surface area contributed by atoms with Crippen LogP contribution in [0.25, 0.3) is 0 Å². The molecule has 0 radical (unpaired) electrons. The first-order chi connectivity index (χ1) is 10.8. The quantitative estimate of drug-likeness (QED) is 0.742. The van der Waals surface area contributed by atoms with Crippen molar-refractivity contribution in [2.24, 2.45) is 0 Å². The number of rotatable bonds is 3. The van der Waals surface area contributed by atoms with E-state index in [0.717, 1.165) is 12.1 Å². The van der Waals surface area contributed by atoms with Gasteiger partial charge in [0.15, 0.2) is 0 Å². The molecule has 1 aliphatic heterocycles. The first kappa shape index (κ1) is 16.9. The number of hydrazine groups is 1. The number of carbonyl (C=O) groups is 2. The first-order valence-corrected chi connectivity index (χ1v) is 7.04. The molecule has 1 fully saturated rings. The molecule has 3 N–H and O–H groups in total. The number of hydrogen-bond acceptors (Lipinski definition) is 3. The Morgan fingerprint density at radius 1 is 1.30 bits per heavy atom. The average Bonchev–Trinajstić information content (AvgIpc) is 3.01. The monoisotopic (exact) mass is 330 g/mol. The molecule has 0 aliphatic carbocycles. The van der Waals surface area contributed by atoms with Crippen LogP contribution in [-0.2, 0) is 11.0 Å². The summed E-state index contributed by atoms with van der Waals surface area (Å²) >= 11 is 0. The molecular weight excluding hydrogens is 313 g/mol. The fourth-order valence-corrected chi connectivity index (χ4v) is 2.42. The van der Waals surface area contributed by atoms with Crippen LogP contribution in [0.4, 0.5) is 23.7 Å². The minimum Gasteiger partial charge on any atom is -0.341 e. The SMILES string of the molecule is CNC(=O)N1CCCC1C(=O)NNc1cccc(C(F)(F)F)c1. The molecule has 2 rings (SSSR count). The highest BCUT2D eigenvalue weighted by molar-refractivity contribution is 5.88.